The second-order valence-corrected chi connectivity index (χ2v) is 4.20. The first-order valence-corrected chi connectivity index (χ1v) is 6.10. The van der Waals surface area contributed by atoms with Gasteiger partial charge in [-0.3, -0.25) is 0 Å². The second kappa shape index (κ2) is 5.12. The molecule has 0 radical (unpaired) electrons. The van der Waals surface area contributed by atoms with Gasteiger partial charge in [-0.1, -0.05) is 30.3 Å². The van der Waals surface area contributed by atoms with Gasteiger partial charge >= 0.3 is 0 Å². The third-order valence-electron chi connectivity index (χ3n) is 2.42. The van der Waals surface area contributed by atoms with Crippen LogP contribution in [0.3, 0.4) is 0 Å². The summed E-state index contributed by atoms with van der Waals surface area (Å²) in [5, 5.41) is 1.99. The molecule has 17 heavy (non-hydrogen) atoms. The molecule has 0 N–H and O–H groups in total. The van der Waals surface area contributed by atoms with Crippen molar-refractivity contribution in [2.24, 2.45) is 0 Å². The number of fused-ring (bicyclic) bond motifs is 1. The summed E-state index contributed by atoms with van der Waals surface area (Å²) in [6.45, 7) is 3.69. The standard InChI is InChI=1S/C13H12O3S/c1-2-3-10-4-5-12-9-13(16-17(14)15)7-6-11(12)8-10/h2,4-9H,1,3H2,(H,14,15)/p-1. The number of benzene rings is 2. The lowest BCUT2D eigenvalue weighted by atomic mass is 10.1. The summed E-state index contributed by atoms with van der Waals surface area (Å²) in [6, 6.07) is 11.1. The van der Waals surface area contributed by atoms with Crippen LogP contribution in [-0.2, 0) is 17.8 Å². The van der Waals surface area contributed by atoms with Crippen LogP contribution in [-0.4, -0.2) is 8.76 Å². The number of hydrogen-bond donors (Lipinski definition) is 0. The first kappa shape index (κ1) is 11.8. The molecule has 3 nitrogen and oxygen atoms in total. The lowest BCUT2D eigenvalue weighted by Crippen LogP contribution is -1.97. The molecule has 0 spiro atoms. The van der Waals surface area contributed by atoms with Crippen LogP contribution in [0.1, 0.15) is 5.56 Å². The van der Waals surface area contributed by atoms with Crippen molar-refractivity contribution in [3.63, 3.8) is 0 Å². The molecule has 1 atom stereocenters. The maximum atomic E-state index is 10.4. The van der Waals surface area contributed by atoms with Crippen LogP contribution in [0, 0.1) is 0 Å². The Bertz CT molecular complexity index is 578. The average Bonchev–Trinajstić information content (AvgIpc) is 2.29. The lowest BCUT2D eigenvalue weighted by molar-refractivity contribution is 0.440. The Morgan fingerprint density at radius 1 is 1.24 bits per heavy atom. The summed E-state index contributed by atoms with van der Waals surface area (Å²) in [6.07, 6.45) is 2.66. The van der Waals surface area contributed by atoms with Crippen LogP contribution in [0.15, 0.2) is 49.1 Å². The molecular weight excluding hydrogens is 236 g/mol. The van der Waals surface area contributed by atoms with Gasteiger partial charge in [0.2, 0.25) is 0 Å². The Morgan fingerprint density at radius 3 is 2.65 bits per heavy atom. The summed E-state index contributed by atoms with van der Waals surface area (Å²) < 4.78 is 25.4. The predicted octanol–water partition coefficient (Wildman–Crippen LogP) is 2.74. The summed E-state index contributed by atoms with van der Waals surface area (Å²) in [7, 11) is 0. The van der Waals surface area contributed by atoms with Crippen molar-refractivity contribution in [3.8, 4) is 5.75 Å². The van der Waals surface area contributed by atoms with Gasteiger partial charge in [0.15, 0.2) is 0 Å². The summed E-state index contributed by atoms with van der Waals surface area (Å²) in [5.74, 6) is 0.322. The van der Waals surface area contributed by atoms with E-state index in [0.29, 0.717) is 5.75 Å². The molecule has 1 unspecified atom stereocenters. The van der Waals surface area contributed by atoms with Crippen LogP contribution in [0.25, 0.3) is 10.8 Å². The number of allylic oxidation sites excluding steroid dienone is 1. The molecule has 0 heterocycles. The highest BCUT2D eigenvalue weighted by Crippen LogP contribution is 2.22. The van der Waals surface area contributed by atoms with E-state index in [4.69, 9.17) is 0 Å². The van der Waals surface area contributed by atoms with E-state index in [0.717, 1.165) is 17.2 Å². The second-order valence-electron chi connectivity index (χ2n) is 3.62. The molecule has 0 aliphatic rings. The van der Waals surface area contributed by atoms with Gasteiger partial charge < -0.3 is 8.74 Å². The average molecular weight is 247 g/mol. The van der Waals surface area contributed by atoms with Crippen molar-refractivity contribution < 1.29 is 12.9 Å². The lowest BCUT2D eigenvalue weighted by Gasteiger charge is -2.08. The zero-order valence-electron chi connectivity index (χ0n) is 9.09. The third-order valence-corrected chi connectivity index (χ3v) is 2.75. The SMILES string of the molecule is C=CCc1ccc2cc(OS(=O)[O-])ccc2c1. The normalized spacial score (nSPS) is 12.3. The third kappa shape index (κ3) is 2.93. The van der Waals surface area contributed by atoms with E-state index in [2.05, 4.69) is 16.8 Å². The maximum absolute atomic E-state index is 10.4. The van der Waals surface area contributed by atoms with E-state index in [1.54, 1.807) is 12.1 Å². The van der Waals surface area contributed by atoms with E-state index in [1.807, 2.05) is 24.3 Å². The Hall–Kier alpha value is -1.65. The Labute approximate surface area is 102 Å². The maximum Gasteiger partial charge on any atom is 0.139 e. The van der Waals surface area contributed by atoms with Crippen molar-refractivity contribution in [1.29, 1.82) is 0 Å². The molecule has 0 bridgehead atoms. The fourth-order valence-corrected chi connectivity index (χ4v) is 1.96. The van der Waals surface area contributed by atoms with Crippen LogP contribution < -0.4 is 4.18 Å². The minimum Gasteiger partial charge on any atom is -0.740 e. The van der Waals surface area contributed by atoms with Gasteiger partial charge in [0.1, 0.15) is 17.1 Å². The molecule has 0 aliphatic heterocycles. The van der Waals surface area contributed by atoms with Gasteiger partial charge in [0.25, 0.3) is 0 Å². The molecule has 2 aromatic carbocycles. The first-order valence-electron chi connectivity index (χ1n) is 5.10. The van der Waals surface area contributed by atoms with Gasteiger partial charge in [-0.15, -0.1) is 6.58 Å². The van der Waals surface area contributed by atoms with Gasteiger partial charge in [0.05, 0.1) is 0 Å². The Kier molecular flexibility index (Phi) is 3.56. The minimum atomic E-state index is -2.53. The predicted molar refractivity (Wildman–Crippen MR) is 67.4 cm³/mol. The van der Waals surface area contributed by atoms with Crippen molar-refractivity contribution >= 4 is 22.1 Å². The Morgan fingerprint density at radius 2 is 1.94 bits per heavy atom. The van der Waals surface area contributed by atoms with Crippen LogP contribution in [0.5, 0.6) is 5.75 Å². The molecule has 2 rings (SSSR count). The molecule has 2 aromatic rings. The highest BCUT2D eigenvalue weighted by molar-refractivity contribution is 7.74. The van der Waals surface area contributed by atoms with Gasteiger partial charge in [0, 0.05) is 0 Å². The highest BCUT2D eigenvalue weighted by atomic mass is 32.2. The van der Waals surface area contributed by atoms with Gasteiger partial charge in [-0.2, -0.15) is 0 Å². The smallest absolute Gasteiger partial charge is 0.139 e. The first-order chi connectivity index (χ1) is 8.19. The highest BCUT2D eigenvalue weighted by Gasteiger charge is 1.99. The van der Waals surface area contributed by atoms with E-state index < -0.39 is 11.4 Å². The summed E-state index contributed by atoms with van der Waals surface area (Å²) >= 11 is -2.53. The topological polar surface area (TPSA) is 49.4 Å². The van der Waals surface area contributed by atoms with E-state index in [9.17, 15) is 8.76 Å². The van der Waals surface area contributed by atoms with Crippen LogP contribution >= 0.6 is 0 Å². The van der Waals surface area contributed by atoms with Crippen molar-refractivity contribution in [2.75, 3.05) is 0 Å². The molecule has 0 aromatic heterocycles. The molecule has 0 amide bonds. The molecule has 0 saturated carbocycles. The van der Waals surface area contributed by atoms with E-state index >= 15 is 0 Å². The van der Waals surface area contributed by atoms with Crippen molar-refractivity contribution in [3.05, 3.63) is 54.6 Å². The van der Waals surface area contributed by atoms with Gasteiger partial charge in [-0.05, 0) is 34.9 Å². The molecule has 88 valence electrons. The largest absolute Gasteiger partial charge is 0.740 e. The van der Waals surface area contributed by atoms with E-state index in [-0.39, 0.29) is 0 Å². The number of hydrogen-bond acceptors (Lipinski definition) is 3. The zero-order valence-corrected chi connectivity index (χ0v) is 9.91. The quantitative estimate of drug-likeness (QED) is 0.616. The molecular formula is C13H11O3S-. The zero-order chi connectivity index (χ0) is 12.3. The van der Waals surface area contributed by atoms with Crippen molar-refractivity contribution in [1.82, 2.24) is 0 Å². The summed E-state index contributed by atoms with van der Waals surface area (Å²) in [4.78, 5) is 0. The minimum absolute atomic E-state index is 0.322. The molecule has 0 aliphatic carbocycles. The van der Waals surface area contributed by atoms with Crippen LogP contribution in [0.2, 0.25) is 0 Å². The summed E-state index contributed by atoms with van der Waals surface area (Å²) in [5.41, 5.74) is 1.17. The number of rotatable bonds is 4. The fraction of sp³-hybridized carbons (Fsp3) is 0.0769. The molecule has 4 heteroatoms. The monoisotopic (exact) mass is 247 g/mol. The van der Waals surface area contributed by atoms with E-state index in [1.165, 1.54) is 5.56 Å². The van der Waals surface area contributed by atoms with Crippen LogP contribution in [0.4, 0.5) is 0 Å². The fourth-order valence-electron chi connectivity index (χ4n) is 1.70. The Balaban J connectivity index is 2.39. The van der Waals surface area contributed by atoms with Crippen molar-refractivity contribution in [2.45, 2.75) is 6.42 Å². The molecule has 0 saturated heterocycles. The molecule has 0 fully saturated rings. The van der Waals surface area contributed by atoms with Gasteiger partial charge in [-0.25, -0.2) is 4.21 Å².